The smallest absolute Gasteiger partial charge is 0.277 e. The quantitative estimate of drug-likeness (QED) is 0.576. The molecular weight excluding hydrogens is 404 g/mol. The summed E-state index contributed by atoms with van der Waals surface area (Å²) < 4.78 is 16.2. The first-order chi connectivity index (χ1) is 14.7. The van der Waals surface area contributed by atoms with Crippen LogP contribution >= 0.6 is 11.8 Å². The highest BCUT2D eigenvalue weighted by Gasteiger charge is 2.16. The normalized spacial score (nSPS) is 13.8. The molecule has 8 nitrogen and oxygen atoms in total. The van der Waals surface area contributed by atoms with E-state index in [-0.39, 0.29) is 11.7 Å². The number of carbonyl (C=O) groups is 1. The molecule has 0 atom stereocenters. The Hall–Kier alpha value is -3.04. The Morgan fingerprint density at radius 1 is 1.13 bits per heavy atom. The number of hydrogen-bond acceptors (Lipinski definition) is 8. The highest BCUT2D eigenvalue weighted by molar-refractivity contribution is 7.99. The Kier molecular flexibility index (Phi) is 6.50. The van der Waals surface area contributed by atoms with Gasteiger partial charge in [0.25, 0.3) is 5.22 Å². The summed E-state index contributed by atoms with van der Waals surface area (Å²) in [6.45, 7) is 2.98. The van der Waals surface area contributed by atoms with Gasteiger partial charge >= 0.3 is 0 Å². The highest BCUT2D eigenvalue weighted by atomic mass is 32.2. The average Bonchev–Trinajstić information content (AvgIpc) is 3.28. The molecule has 2 aromatic carbocycles. The van der Waals surface area contributed by atoms with E-state index in [1.807, 2.05) is 48.5 Å². The van der Waals surface area contributed by atoms with Crippen molar-refractivity contribution < 1.29 is 18.7 Å². The Labute approximate surface area is 178 Å². The third kappa shape index (κ3) is 4.92. The molecule has 1 aromatic heterocycles. The molecule has 9 heteroatoms. The van der Waals surface area contributed by atoms with E-state index in [4.69, 9.17) is 13.9 Å². The van der Waals surface area contributed by atoms with Crippen molar-refractivity contribution in [1.29, 1.82) is 0 Å². The van der Waals surface area contributed by atoms with Gasteiger partial charge in [0.2, 0.25) is 11.8 Å². The van der Waals surface area contributed by atoms with Crippen molar-refractivity contribution in [3.63, 3.8) is 0 Å². The number of morpholine rings is 1. The lowest BCUT2D eigenvalue weighted by Gasteiger charge is -2.30. The molecule has 1 aliphatic rings. The summed E-state index contributed by atoms with van der Waals surface area (Å²) >= 11 is 1.20. The van der Waals surface area contributed by atoms with E-state index in [1.165, 1.54) is 11.8 Å². The number of hydrogen-bond donors (Lipinski definition) is 1. The van der Waals surface area contributed by atoms with Gasteiger partial charge in [-0.05, 0) is 36.4 Å². The number of benzene rings is 2. The maximum absolute atomic E-state index is 12.5. The predicted molar refractivity (Wildman–Crippen MR) is 115 cm³/mol. The highest BCUT2D eigenvalue weighted by Crippen LogP contribution is 2.28. The number of methoxy groups -OCH3 is 1. The number of thioether (sulfide) groups is 1. The Balaban J connectivity index is 1.35. The van der Waals surface area contributed by atoms with Gasteiger partial charge in [0.05, 0.1) is 37.5 Å². The second-order valence-electron chi connectivity index (χ2n) is 6.56. The molecule has 0 radical (unpaired) electrons. The number of anilines is 2. The maximum Gasteiger partial charge on any atom is 0.277 e. The van der Waals surface area contributed by atoms with Crippen LogP contribution in [-0.2, 0) is 9.53 Å². The molecule has 3 aromatic rings. The van der Waals surface area contributed by atoms with Crippen LogP contribution in [0.3, 0.4) is 0 Å². The summed E-state index contributed by atoms with van der Waals surface area (Å²) in [5.41, 5.74) is 2.58. The first kappa shape index (κ1) is 20.2. The lowest BCUT2D eigenvalue weighted by Crippen LogP contribution is -2.36. The molecule has 0 saturated carbocycles. The fourth-order valence-electron chi connectivity index (χ4n) is 3.09. The van der Waals surface area contributed by atoms with Gasteiger partial charge < -0.3 is 24.1 Å². The lowest BCUT2D eigenvalue weighted by atomic mass is 10.2. The monoisotopic (exact) mass is 426 g/mol. The van der Waals surface area contributed by atoms with Gasteiger partial charge in [-0.15, -0.1) is 10.2 Å². The van der Waals surface area contributed by atoms with E-state index in [9.17, 15) is 4.79 Å². The summed E-state index contributed by atoms with van der Waals surface area (Å²) in [4.78, 5) is 14.7. The van der Waals surface area contributed by atoms with Crippen molar-refractivity contribution >= 4 is 29.0 Å². The van der Waals surface area contributed by atoms with Crippen LogP contribution in [0.2, 0.25) is 0 Å². The number of nitrogens with one attached hydrogen (secondary N) is 1. The predicted octanol–water partition coefficient (Wildman–Crippen LogP) is 3.31. The number of para-hydroxylation sites is 2. The maximum atomic E-state index is 12.5. The van der Waals surface area contributed by atoms with E-state index in [0.717, 1.165) is 35.8 Å². The minimum absolute atomic E-state index is 0.134. The number of amides is 1. The SMILES string of the molecule is COc1ccc(-c2nnc(SCC(=O)Nc3ccccc3N3CCOCC3)o2)cc1. The second kappa shape index (κ2) is 9.64. The van der Waals surface area contributed by atoms with Crippen LogP contribution < -0.4 is 15.0 Å². The van der Waals surface area contributed by atoms with Gasteiger partial charge in [0.1, 0.15) is 5.75 Å². The summed E-state index contributed by atoms with van der Waals surface area (Å²) in [5.74, 6) is 1.19. The molecule has 1 N–H and O–H groups in total. The fourth-order valence-corrected chi connectivity index (χ4v) is 3.65. The second-order valence-corrected chi connectivity index (χ2v) is 7.48. The van der Waals surface area contributed by atoms with Crippen LogP contribution in [0.25, 0.3) is 11.5 Å². The first-order valence-electron chi connectivity index (χ1n) is 9.55. The zero-order chi connectivity index (χ0) is 20.8. The van der Waals surface area contributed by atoms with Crippen LogP contribution in [0, 0.1) is 0 Å². The fraction of sp³-hybridized carbons (Fsp3) is 0.286. The van der Waals surface area contributed by atoms with Crippen LogP contribution in [0.4, 0.5) is 11.4 Å². The average molecular weight is 426 g/mol. The summed E-state index contributed by atoms with van der Waals surface area (Å²) in [6.07, 6.45) is 0. The number of carbonyl (C=O) groups excluding carboxylic acids is 1. The molecule has 2 heterocycles. The van der Waals surface area contributed by atoms with Gasteiger partial charge in [-0.2, -0.15) is 0 Å². The lowest BCUT2D eigenvalue weighted by molar-refractivity contribution is -0.113. The third-order valence-electron chi connectivity index (χ3n) is 4.60. The zero-order valence-corrected chi connectivity index (χ0v) is 17.4. The zero-order valence-electron chi connectivity index (χ0n) is 16.5. The first-order valence-corrected chi connectivity index (χ1v) is 10.5. The van der Waals surface area contributed by atoms with Gasteiger partial charge in [-0.25, -0.2) is 0 Å². The minimum atomic E-state index is -0.134. The van der Waals surface area contributed by atoms with Gasteiger partial charge in [0.15, 0.2) is 0 Å². The molecule has 4 rings (SSSR count). The molecule has 0 spiro atoms. The van der Waals surface area contributed by atoms with Crippen LogP contribution in [-0.4, -0.2) is 55.3 Å². The number of ether oxygens (including phenoxy) is 2. The van der Waals surface area contributed by atoms with E-state index in [0.29, 0.717) is 24.3 Å². The van der Waals surface area contributed by atoms with Gasteiger partial charge in [-0.1, -0.05) is 23.9 Å². The molecule has 156 valence electrons. The number of nitrogens with zero attached hydrogens (tertiary/aromatic N) is 3. The molecule has 0 bridgehead atoms. The van der Waals surface area contributed by atoms with Crippen LogP contribution in [0.15, 0.2) is 58.2 Å². The van der Waals surface area contributed by atoms with E-state index in [1.54, 1.807) is 7.11 Å². The van der Waals surface area contributed by atoms with Crippen LogP contribution in [0.5, 0.6) is 5.75 Å². The molecule has 0 aliphatic carbocycles. The Bertz CT molecular complexity index is 987. The summed E-state index contributed by atoms with van der Waals surface area (Å²) in [6, 6.07) is 15.1. The largest absolute Gasteiger partial charge is 0.497 e. The number of aromatic nitrogens is 2. The Morgan fingerprint density at radius 2 is 1.90 bits per heavy atom. The molecule has 0 unspecified atom stereocenters. The summed E-state index contributed by atoms with van der Waals surface area (Å²) in [5, 5.41) is 11.4. The van der Waals surface area contributed by atoms with Crippen molar-refractivity contribution in [1.82, 2.24) is 10.2 Å². The molecule has 1 saturated heterocycles. The number of rotatable bonds is 7. The standard InChI is InChI=1S/C21H22N4O4S/c1-27-16-8-6-15(7-9-16)20-23-24-21(29-20)30-14-19(26)22-17-4-2-3-5-18(17)25-10-12-28-13-11-25/h2-9H,10-14H2,1H3,(H,22,26). The van der Waals surface area contributed by atoms with Crippen molar-refractivity contribution in [2.75, 3.05) is 49.4 Å². The van der Waals surface area contributed by atoms with Crippen LogP contribution in [0.1, 0.15) is 0 Å². The topological polar surface area (TPSA) is 89.7 Å². The van der Waals surface area contributed by atoms with Crippen molar-refractivity contribution in [3.05, 3.63) is 48.5 Å². The molecular formula is C21H22N4O4S. The van der Waals surface area contributed by atoms with Crippen molar-refractivity contribution in [3.8, 4) is 17.2 Å². The molecule has 30 heavy (non-hydrogen) atoms. The van der Waals surface area contributed by atoms with Crippen molar-refractivity contribution in [2.45, 2.75) is 5.22 Å². The summed E-state index contributed by atoms with van der Waals surface area (Å²) in [7, 11) is 1.61. The van der Waals surface area contributed by atoms with Gasteiger partial charge in [0, 0.05) is 18.7 Å². The minimum Gasteiger partial charge on any atom is -0.497 e. The molecule has 1 fully saturated rings. The molecule has 1 aliphatic heterocycles. The van der Waals surface area contributed by atoms with E-state index < -0.39 is 0 Å². The van der Waals surface area contributed by atoms with E-state index in [2.05, 4.69) is 20.4 Å². The van der Waals surface area contributed by atoms with Crippen molar-refractivity contribution in [2.24, 2.45) is 0 Å². The third-order valence-corrected chi connectivity index (χ3v) is 5.42. The van der Waals surface area contributed by atoms with Gasteiger partial charge in [-0.3, -0.25) is 4.79 Å². The van der Waals surface area contributed by atoms with E-state index >= 15 is 0 Å². The molecule has 1 amide bonds. The Morgan fingerprint density at radius 3 is 2.67 bits per heavy atom.